The third-order valence-corrected chi connectivity index (χ3v) is 4.16. The van der Waals surface area contributed by atoms with Crippen molar-refractivity contribution >= 4 is 11.3 Å². The normalized spacial score (nSPS) is 10.9. The lowest BCUT2D eigenvalue weighted by Crippen LogP contribution is -2.00. The highest BCUT2D eigenvalue weighted by molar-refractivity contribution is 7.10. The number of pyridine rings is 1. The smallest absolute Gasteiger partial charge is 0.100 e. The molecule has 1 N–H and O–H groups in total. The number of aliphatic hydroxyl groups is 1. The summed E-state index contributed by atoms with van der Waals surface area (Å²) < 4.78 is 2.06. The fourth-order valence-corrected chi connectivity index (χ4v) is 3.05. The van der Waals surface area contributed by atoms with Gasteiger partial charge in [0.2, 0.25) is 0 Å². The van der Waals surface area contributed by atoms with E-state index >= 15 is 0 Å². The van der Waals surface area contributed by atoms with Crippen LogP contribution >= 0.6 is 11.3 Å². The van der Waals surface area contributed by atoms with Crippen molar-refractivity contribution in [2.24, 2.45) is 0 Å². The number of aliphatic hydroxyl groups excluding tert-OH is 1. The van der Waals surface area contributed by atoms with Crippen LogP contribution in [0.3, 0.4) is 0 Å². The number of thiophene rings is 1. The minimum Gasteiger partial charge on any atom is -0.391 e. The maximum Gasteiger partial charge on any atom is 0.100 e. The van der Waals surface area contributed by atoms with Gasteiger partial charge in [0.1, 0.15) is 6.33 Å². The van der Waals surface area contributed by atoms with Gasteiger partial charge in [-0.2, -0.15) is 0 Å². The Bertz CT molecular complexity index is 703. The molecule has 0 amide bonds. The van der Waals surface area contributed by atoms with Gasteiger partial charge in [-0.05, 0) is 30.0 Å². The molecule has 0 aliphatic rings. The van der Waals surface area contributed by atoms with E-state index in [1.54, 1.807) is 17.5 Å². The molecule has 0 unspecified atom stereocenters. The van der Waals surface area contributed by atoms with Gasteiger partial charge in [0.15, 0.2) is 0 Å². The van der Waals surface area contributed by atoms with Crippen LogP contribution in [0, 0.1) is 0 Å². The number of nitrogens with zero attached hydrogens (tertiary/aromatic N) is 3. The molecule has 0 atom stereocenters. The Morgan fingerprint density at radius 2 is 2.25 bits per heavy atom. The molecule has 20 heavy (non-hydrogen) atoms. The number of imidazole rings is 1. The van der Waals surface area contributed by atoms with Crippen LogP contribution in [0.15, 0.2) is 42.3 Å². The molecule has 0 aliphatic carbocycles. The Balaban J connectivity index is 2.13. The third-order valence-electron chi connectivity index (χ3n) is 3.26. The number of hydrogen-bond acceptors (Lipinski definition) is 4. The van der Waals surface area contributed by atoms with E-state index in [-0.39, 0.29) is 6.61 Å². The van der Waals surface area contributed by atoms with E-state index in [2.05, 4.69) is 21.5 Å². The van der Waals surface area contributed by atoms with Gasteiger partial charge in [-0.25, -0.2) is 4.98 Å². The van der Waals surface area contributed by atoms with Crippen LogP contribution < -0.4 is 0 Å². The van der Waals surface area contributed by atoms with E-state index in [4.69, 9.17) is 0 Å². The number of rotatable bonds is 4. The molecule has 3 aromatic rings. The summed E-state index contributed by atoms with van der Waals surface area (Å²) in [5.74, 6) is 0. The summed E-state index contributed by atoms with van der Waals surface area (Å²) in [5, 5.41) is 11.4. The molecule has 0 fully saturated rings. The molecule has 5 heteroatoms. The molecule has 0 saturated carbocycles. The van der Waals surface area contributed by atoms with Crippen molar-refractivity contribution in [2.75, 3.05) is 0 Å². The molecular formula is C15H15N3OS. The van der Waals surface area contributed by atoms with E-state index in [1.165, 1.54) is 0 Å². The predicted molar refractivity (Wildman–Crippen MR) is 80.0 cm³/mol. The van der Waals surface area contributed by atoms with E-state index in [9.17, 15) is 5.11 Å². The van der Waals surface area contributed by atoms with Crippen LogP contribution in [0.2, 0.25) is 0 Å². The first-order chi connectivity index (χ1) is 9.85. The second kappa shape index (κ2) is 5.56. The van der Waals surface area contributed by atoms with Crippen molar-refractivity contribution in [1.82, 2.24) is 14.5 Å². The molecule has 0 bridgehead atoms. The number of hydrogen-bond donors (Lipinski definition) is 1. The largest absolute Gasteiger partial charge is 0.391 e. The van der Waals surface area contributed by atoms with E-state index in [0.29, 0.717) is 0 Å². The summed E-state index contributed by atoms with van der Waals surface area (Å²) in [6.07, 6.45) is 6.27. The van der Waals surface area contributed by atoms with Crippen molar-refractivity contribution in [2.45, 2.75) is 20.0 Å². The van der Waals surface area contributed by atoms with Crippen LogP contribution in [0.1, 0.15) is 17.5 Å². The van der Waals surface area contributed by atoms with Crippen molar-refractivity contribution in [3.05, 3.63) is 52.9 Å². The fourth-order valence-electron chi connectivity index (χ4n) is 2.33. The minimum atomic E-state index is 0.0521. The summed E-state index contributed by atoms with van der Waals surface area (Å²) in [6, 6.07) is 5.95. The second-order valence-corrected chi connectivity index (χ2v) is 5.39. The first-order valence-corrected chi connectivity index (χ1v) is 7.37. The highest BCUT2D eigenvalue weighted by Gasteiger charge is 2.15. The quantitative estimate of drug-likeness (QED) is 0.801. The van der Waals surface area contributed by atoms with Gasteiger partial charge in [0, 0.05) is 18.0 Å². The van der Waals surface area contributed by atoms with Gasteiger partial charge in [0.05, 0.1) is 28.6 Å². The van der Waals surface area contributed by atoms with E-state index in [0.717, 1.165) is 33.9 Å². The fraction of sp³-hybridized carbons (Fsp3) is 0.200. The summed E-state index contributed by atoms with van der Waals surface area (Å²) in [7, 11) is 0. The zero-order valence-electron chi connectivity index (χ0n) is 11.2. The zero-order chi connectivity index (χ0) is 13.9. The first-order valence-electron chi connectivity index (χ1n) is 6.49. The molecule has 3 rings (SSSR count). The molecule has 0 spiro atoms. The second-order valence-electron chi connectivity index (χ2n) is 4.39. The van der Waals surface area contributed by atoms with Crippen LogP contribution in [0.5, 0.6) is 0 Å². The Morgan fingerprint density at radius 3 is 2.95 bits per heavy atom. The Morgan fingerprint density at radius 1 is 1.35 bits per heavy atom. The van der Waals surface area contributed by atoms with Crippen molar-refractivity contribution in [3.63, 3.8) is 0 Å². The summed E-state index contributed by atoms with van der Waals surface area (Å²) >= 11 is 1.56. The molecule has 0 saturated heterocycles. The Kier molecular flexibility index (Phi) is 3.62. The van der Waals surface area contributed by atoms with Crippen LogP contribution in [-0.4, -0.2) is 19.6 Å². The lowest BCUT2D eigenvalue weighted by atomic mass is 10.1. The lowest BCUT2D eigenvalue weighted by molar-refractivity contribution is 0.285. The maximum absolute atomic E-state index is 9.42. The zero-order valence-corrected chi connectivity index (χ0v) is 12.0. The average Bonchev–Trinajstić information content (AvgIpc) is 3.13. The van der Waals surface area contributed by atoms with Gasteiger partial charge < -0.3 is 9.67 Å². The third kappa shape index (κ3) is 2.15. The SMILES string of the molecule is CCc1c(-c2cccnc2)ncn1-c1ccsc1CO. The standard InChI is InChI=1S/C15H15N3OS/c1-2-12-15(11-4-3-6-16-8-11)17-10-18(12)13-5-7-20-14(13)9-19/h3-8,10,19H,2,9H2,1H3. The number of aromatic nitrogens is 3. The molecule has 0 radical (unpaired) electrons. The van der Waals surface area contributed by atoms with E-state index < -0.39 is 0 Å². The average molecular weight is 285 g/mol. The summed E-state index contributed by atoms with van der Waals surface area (Å²) in [6.45, 7) is 2.16. The Labute approximate surface area is 121 Å². The molecule has 3 aromatic heterocycles. The van der Waals surface area contributed by atoms with E-state index in [1.807, 2.05) is 36.1 Å². The minimum absolute atomic E-state index is 0.0521. The van der Waals surface area contributed by atoms with Crippen molar-refractivity contribution in [3.8, 4) is 16.9 Å². The molecule has 102 valence electrons. The van der Waals surface area contributed by atoms with Crippen LogP contribution in [-0.2, 0) is 13.0 Å². The molecular weight excluding hydrogens is 270 g/mol. The van der Waals surface area contributed by atoms with Crippen molar-refractivity contribution in [1.29, 1.82) is 0 Å². The van der Waals surface area contributed by atoms with Gasteiger partial charge in [-0.3, -0.25) is 4.98 Å². The van der Waals surface area contributed by atoms with Crippen LogP contribution in [0.25, 0.3) is 16.9 Å². The van der Waals surface area contributed by atoms with Gasteiger partial charge in [0.25, 0.3) is 0 Å². The topological polar surface area (TPSA) is 50.9 Å². The molecule has 0 aliphatic heterocycles. The highest BCUT2D eigenvalue weighted by Crippen LogP contribution is 2.28. The summed E-state index contributed by atoms with van der Waals surface area (Å²) in [4.78, 5) is 9.64. The van der Waals surface area contributed by atoms with Gasteiger partial charge in [-0.15, -0.1) is 11.3 Å². The first kappa shape index (κ1) is 13.0. The van der Waals surface area contributed by atoms with Crippen molar-refractivity contribution < 1.29 is 5.11 Å². The monoisotopic (exact) mass is 285 g/mol. The molecule has 4 nitrogen and oxygen atoms in total. The van der Waals surface area contributed by atoms with Gasteiger partial charge in [-0.1, -0.05) is 6.92 Å². The Hall–Kier alpha value is -1.98. The molecule has 3 heterocycles. The lowest BCUT2D eigenvalue weighted by Gasteiger charge is -2.08. The van der Waals surface area contributed by atoms with Crippen LogP contribution in [0.4, 0.5) is 0 Å². The maximum atomic E-state index is 9.42. The predicted octanol–water partition coefficient (Wildman–Crippen LogP) is 3.05. The molecule has 0 aromatic carbocycles. The highest BCUT2D eigenvalue weighted by atomic mass is 32.1. The van der Waals surface area contributed by atoms with Gasteiger partial charge >= 0.3 is 0 Å². The summed E-state index contributed by atoms with van der Waals surface area (Å²) in [5.41, 5.74) is 4.11.